The minimum Gasteiger partial charge on any atom is -0.369 e. The van der Waals surface area contributed by atoms with E-state index >= 15 is 0 Å². The fraction of sp³-hybridized carbons (Fsp3) is 0.333. The van der Waals surface area contributed by atoms with E-state index in [2.05, 4.69) is 5.32 Å². The summed E-state index contributed by atoms with van der Waals surface area (Å²) >= 11 is 5.93. The van der Waals surface area contributed by atoms with Gasteiger partial charge in [0.15, 0.2) is 0 Å². The first-order valence-corrected chi connectivity index (χ1v) is 5.63. The quantitative estimate of drug-likeness (QED) is 0.864. The number of primary amides is 1. The van der Waals surface area contributed by atoms with Gasteiger partial charge in [-0.2, -0.15) is 0 Å². The Morgan fingerprint density at radius 3 is 2.65 bits per heavy atom. The Bertz CT molecular complexity index is 446. The second-order valence-corrected chi connectivity index (χ2v) is 4.43. The molecular formula is C12H15ClN2O2. The molecule has 5 heteroatoms. The van der Waals surface area contributed by atoms with Crippen molar-refractivity contribution in [2.45, 2.75) is 20.3 Å². The number of nitrogens with two attached hydrogens (primary N) is 1. The monoisotopic (exact) mass is 254 g/mol. The van der Waals surface area contributed by atoms with Gasteiger partial charge >= 0.3 is 0 Å². The lowest BCUT2D eigenvalue weighted by Gasteiger charge is -2.09. The van der Waals surface area contributed by atoms with Crippen molar-refractivity contribution in [3.8, 4) is 0 Å². The molecule has 0 radical (unpaired) electrons. The second-order valence-electron chi connectivity index (χ2n) is 4.02. The van der Waals surface area contributed by atoms with Crippen LogP contribution in [0.25, 0.3) is 0 Å². The number of nitrogens with one attached hydrogen (secondary N) is 1. The fourth-order valence-electron chi connectivity index (χ4n) is 1.26. The molecule has 1 atom stereocenters. The lowest BCUT2D eigenvalue weighted by atomic mass is 10.1. The molecule has 0 aliphatic rings. The lowest BCUT2D eigenvalue weighted by molar-refractivity contribution is -0.125. The molecule has 92 valence electrons. The van der Waals surface area contributed by atoms with E-state index in [9.17, 15) is 9.59 Å². The summed E-state index contributed by atoms with van der Waals surface area (Å²) in [5.74, 6) is -1.21. The van der Waals surface area contributed by atoms with E-state index in [-0.39, 0.29) is 12.3 Å². The summed E-state index contributed by atoms with van der Waals surface area (Å²) in [4.78, 5) is 22.4. The van der Waals surface area contributed by atoms with Crippen LogP contribution in [0.15, 0.2) is 18.2 Å². The topological polar surface area (TPSA) is 72.2 Å². The molecule has 1 unspecified atom stereocenters. The number of hydrogen-bond donors (Lipinski definition) is 2. The van der Waals surface area contributed by atoms with E-state index in [0.717, 1.165) is 5.56 Å². The number of carbonyl (C=O) groups excluding carboxylic acids is 2. The van der Waals surface area contributed by atoms with Gasteiger partial charge in [-0.15, -0.1) is 0 Å². The molecule has 1 aromatic carbocycles. The van der Waals surface area contributed by atoms with E-state index in [1.54, 1.807) is 19.1 Å². The third-order valence-electron chi connectivity index (χ3n) is 2.43. The van der Waals surface area contributed by atoms with Crippen LogP contribution in [0.5, 0.6) is 0 Å². The fourth-order valence-corrected chi connectivity index (χ4v) is 1.44. The van der Waals surface area contributed by atoms with Crippen LogP contribution in [0, 0.1) is 12.8 Å². The summed E-state index contributed by atoms with van der Waals surface area (Å²) in [5, 5.41) is 3.25. The average Bonchev–Trinajstić information content (AvgIpc) is 2.23. The van der Waals surface area contributed by atoms with Crippen molar-refractivity contribution in [2.24, 2.45) is 11.7 Å². The SMILES string of the molecule is Cc1ccc(NC(=O)CC(C)C(N)=O)cc1Cl. The zero-order chi connectivity index (χ0) is 13.0. The minimum absolute atomic E-state index is 0.0703. The molecule has 4 nitrogen and oxygen atoms in total. The van der Waals surface area contributed by atoms with Gasteiger partial charge in [-0.1, -0.05) is 24.6 Å². The number of rotatable bonds is 4. The van der Waals surface area contributed by atoms with Crippen molar-refractivity contribution in [3.63, 3.8) is 0 Å². The van der Waals surface area contributed by atoms with Crippen LogP contribution in [0.1, 0.15) is 18.9 Å². The van der Waals surface area contributed by atoms with Crippen LogP contribution >= 0.6 is 11.6 Å². The van der Waals surface area contributed by atoms with Crippen molar-refractivity contribution < 1.29 is 9.59 Å². The van der Waals surface area contributed by atoms with Crippen LogP contribution in [0.3, 0.4) is 0 Å². The molecule has 0 fully saturated rings. The van der Waals surface area contributed by atoms with Gasteiger partial charge in [-0.25, -0.2) is 0 Å². The number of hydrogen-bond acceptors (Lipinski definition) is 2. The first kappa shape index (κ1) is 13.5. The molecule has 1 rings (SSSR count). The molecule has 0 aromatic heterocycles. The number of carbonyl (C=O) groups is 2. The predicted molar refractivity (Wildman–Crippen MR) is 67.8 cm³/mol. The van der Waals surface area contributed by atoms with Gasteiger partial charge in [0.1, 0.15) is 0 Å². The first-order valence-electron chi connectivity index (χ1n) is 5.25. The Hall–Kier alpha value is -1.55. The standard InChI is InChI=1S/C12H15ClN2O2/c1-7-3-4-9(6-10(7)13)15-11(16)5-8(2)12(14)17/h3-4,6,8H,5H2,1-2H3,(H2,14,17)(H,15,16). The zero-order valence-electron chi connectivity index (χ0n) is 9.79. The number of benzene rings is 1. The van der Waals surface area contributed by atoms with Gasteiger partial charge in [0.2, 0.25) is 11.8 Å². The van der Waals surface area contributed by atoms with Crippen molar-refractivity contribution in [2.75, 3.05) is 5.32 Å². The maximum absolute atomic E-state index is 11.6. The van der Waals surface area contributed by atoms with Crippen LogP contribution in [-0.2, 0) is 9.59 Å². The third-order valence-corrected chi connectivity index (χ3v) is 2.84. The van der Waals surface area contributed by atoms with Crippen LogP contribution < -0.4 is 11.1 Å². The van der Waals surface area contributed by atoms with E-state index in [1.165, 1.54) is 0 Å². The van der Waals surface area contributed by atoms with E-state index in [0.29, 0.717) is 10.7 Å². The predicted octanol–water partition coefficient (Wildman–Crippen LogP) is 2.10. The molecule has 0 spiro atoms. The van der Waals surface area contributed by atoms with Gasteiger partial charge < -0.3 is 11.1 Å². The Kier molecular flexibility index (Phi) is 4.52. The molecule has 0 aliphatic carbocycles. The Morgan fingerprint density at radius 2 is 2.12 bits per heavy atom. The maximum atomic E-state index is 11.6. The molecule has 0 aliphatic heterocycles. The van der Waals surface area contributed by atoms with Crippen LogP contribution in [0.2, 0.25) is 5.02 Å². The van der Waals surface area contributed by atoms with Gasteiger partial charge in [-0.3, -0.25) is 9.59 Å². The van der Waals surface area contributed by atoms with Crippen molar-refractivity contribution >= 4 is 29.1 Å². The highest BCUT2D eigenvalue weighted by Crippen LogP contribution is 2.20. The molecule has 1 aromatic rings. The summed E-state index contributed by atoms with van der Waals surface area (Å²) in [6.45, 7) is 3.49. The molecule has 0 heterocycles. The Morgan fingerprint density at radius 1 is 1.47 bits per heavy atom. The van der Waals surface area contributed by atoms with Crippen molar-refractivity contribution in [1.82, 2.24) is 0 Å². The number of aryl methyl sites for hydroxylation is 1. The van der Waals surface area contributed by atoms with Gasteiger partial charge in [-0.05, 0) is 24.6 Å². The van der Waals surface area contributed by atoms with E-state index < -0.39 is 11.8 Å². The van der Waals surface area contributed by atoms with Crippen molar-refractivity contribution in [1.29, 1.82) is 0 Å². The molecule has 0 bridgehead atoms. The zero-order valence-corrected chi connectivity index (χ0v) is 10.5. The van der Waals surface area contributed by atoms with Gasteiger partial charge in [0.25, 0.3) is 0 Å². The molecular weight excluding hydrogens is 240 g/mol. The highest BCUT2D eigenvalue weighted by atomic mass is 35.5. The molecule has 17 heavy (non-hydrogen) atoms. The normalized spacial score (nSPS) is 11.9. The summed E-state index contributed by atoms with van der Waals surface area (Å²) in [5.41, 5.74) is 6.63. The highest BCUT2D eigenvalue weighted by molar-refractivity contribution is 6.31. The summed E-state index contributed by atoms with van der Waals surface area (Å²) < 4.78 is 0. The molecule has 0 saturated carbocycles. The molecule has 0 saturated heterocycles. The van der Waals surface area contributed by atoms with E-state index in [4.69, 9.17) is 17.3 Å². The second kappa shape index (κ2) is 5.68. The maximum Gasteiger partial charge on any atom is 0.225 e. The lowest BCUT2D eigenvalue weighted by Crippen LogP contribution is -2.25. The Balaban J connectivity index is 2.62. The van der Waals surface area contributed by atoms with Gasteiger partial charge in [0, 0.05) is 23.0 Å². The first-order chi connectivity index (χ1) is 7.90. The summed E-state index contributed by atoms with van der Waals surface area (Å²) in [6.07, 6.45) is 0.0703. The van der Waals surface area contributed by atoms with Crippen molar-refractivity contribution in [3.05, 3.63) is 28.8 Å². The largest absolute Gasteiger partial charge is 0.369 e. The number of anilines is 1. The number of amides is 2. The molecule has 2 amide bonds. The smallest absolute Gasteiger partial charge is 0.225 e. The average molecular weight is 255 g/mol. The van der Waals surface area contributed by atoms with Gasteiger partial charge in [0.05, 0.1) is 0 Å². The van der Waals surface area contributed by atoms with E-state index in [1.807, 2.05) is 13.0 Å². The van der Waals surface area contributed by atoms with Crippen LogP contribution in [0.4, 0.5) is 5.69 Å². The third kappa shape index (κ3) is 4.07. The molecule has 3 N–H and O–H groups in total. The number of halogens is 1. The van der Waals surface area contributed by atoms with Crippen LogP contribution in [-0.4, -0.2) is 11.8 Å². The highest BCUT2D eigenvalue weighted by Gasteiger charge is 2.14. The summed E-state index contributed by atoms with van der Waals surface area (Å²) in [7, 11) is 0. The minimum atomic E-state index is -0.484. The summed E-state index contributed by atoms with van der Waals surface area (Å²) in [6, 6.07) is 5.24. The Labute approximate surface area is 105 Å².